The van der Waals surface area contributed by atoms with E-state index in [1.165, 1.54) is 6.82 Å². The van der Waals surface area contributed by atoms with Crippen molar-refractivity contribution < 1.29 is 30.7 Å². The number of rotatable bonds is 1. The first-order valence-electron chi connectivity index (χ1n) is 5.13. The van der Waals surface area contributed by atoms with E-state index in [1.54, 1.807) is 0 Å². The van der Waals surface area contributed by atoms with Gasteiger partial charge in [0.05, 0.1) is 10.8 Å². The smallest absolute Gasteiger partial charge is 0.198 e. The number of fused-ring (bicyclic) bond motifs is 1. The molecule has 2 aromatic carbocycles. The van der Waals surface area contributed by atoms with Gasteiger partial charge in [-0.05, 0) is 5.46 Å². The summed E-state index contributed by atoms with van der Waals surface area (Å²) in [6.45, 7) is 1.24. The summed E-state index contributed by atoms with van der Waals surface area (Å²) >= 11 is 0. The molecule has 0 atom stereocenters. The summed E-state index contributed by atoms with van der Waals surface area (Å²) < 4.78 is 93.4. The fraction of sp³-hybridized carbons (Fsp3) is 0.0909. The molecule has 0 spiro atoms. The molecule has 8 heteroatoms. The van der Waals surface area contributed by atoms with Crippen molar-refractivity contribution in [2.75, 3.05) is 0 Å². The normalized spacial score (nSPS) is 11.2. The number of benzene rings is 2. The summed E-state index contributed by atoms with van der Waals surface area (Å²) in [5.41, 5.74) is -0.866. The molecule has 2 aromatic rings. The summed E-state index contributed by atoms with van der Waals surface area (Å²) in [6.07, 6.45) is 0. The van der Waals surface area contributed by atoms with Gasteiger partial charge in [-0.25, -0.2) is 30.7 Å². The molecule has 0 saturated heterocycles. The third-order valence-electron chi connectivity index (χ3n) is 2.78. The quantitative estimate of drug-likeness (QED) is 0.326. The van der Waals surface area contributed by atoms with Crippen molar-refractivity contribution in [3.63, 3.8) is 0 Å². The van der Waals surface area contributed by atoms with E-state index in [0.717, 1.165) is 0 Å². The standard InChI is InChI=1S/C11H4BF7/c1-12-4-5(13)2-3(6(14)9(4)17)8(16)11(19)10(18)7(2)15/h12H,1H3. The summed E-state index contributed by atoms with van der Waals surface area (Å²) in [4.78, 5) is 0. The van der Waals surface area contributed by atoms with Gasteiger partial charge >= 0.3 is 0 Å². The Morgan fingerprint density at radius 2 is 0.895 bits per heavy atom. The van der Waals surface area contributed by atoms with Gasteiger partial charge in [0.25, 0.3) is 0 Å². The molecule has 0 bridgehead atoms. The number of hydrogen-bond donors (Lipinski definition) is 0. The molecule has 0 aromatic heterocycles. The first-order valence-corrected chi connectivity index (χ1v) is 5.13. The largest absolute Gasteiger partial charge is 0.207 e. The second-order valence-electron chi connectivity index (χ2n) is 3.78. The Labute approximate surface area is 103 Å². The van der Waals surface area contributed by atoms with Gasteiger partial charge in [0.15, 0.2) is 42.2 Å². The maximum atomic E-state index is 13.8. The van der Waals surface area contributed by atoms with Gasteiger partial charge in [-0.2, -0.15) is 0 Å². The molecular formula is C11H4BF7. The van der Waals surface area contributed by atoms with Gasteiger partial charge in [-0.1, -0.05) is 6.82 Å². The molecule has 0 N–H and O–H groups in total. The van der Waals surface area contributed by atoms with E-state index in [1.807, 2.05) is 0 Å². The maximum absolute atomic E-state index is 13.8. The molecule has 0 nitrogen and oxygen atoms in total. The Morgan fingerprint density at radius 1 is 0.526 bits per heavy atom. The summed E-state index contributed by atoms with van der Waals surface area (Å²) in [5, 5.41) is -3.02. The monoisotopic (exact) mass is 280 g/mol. The molecule has 2 rings (SSSR count). The average Bonchev–Trinajstić information content (AvgIpc) is 2.38. The Morgan fingerprint density at radius 3 is 1.32 bits per heavy atom. The Hall–Kier alpha value is -1.73. The molecule has 19 heavy (non-hydrogen) atoms. The van der Waals surface area contributed by atoms with Gasteiger partial charge in [0.1, 0.15) is 5.82 Å². The topological polar surface area (TPSA) is 0 Å². The highest BCUT2D eigenvalue weighted by Crippen LogP contribution is 2.31. The highest BCUT2D eigenvalue weighted by Gasteiger charge is 2.29. The van der Waals surface area contributed by atoms with Crippen molar-refractivity contribution in [2.24, 2.45) is 0 Å². The van der Waals surface area contributed by atoms with Gasteiger partial charge < -0.3 is 0 Å². The molecule has 0 aliphatic rings. The minimum absolute atomic E-state index is 0.370. The van der Waals surface area contributed by atoms with E-state index in [9.17, 15) is 30.7 Å². The van der Waals surface area contributed by atoms with Crippen LogP contribution in [0.3, 0.4) is 0 Å². The van der Waals surface area contributed by atoms with Gasteiger partial charge in [-0.15, -0.1) is 0 Å². The number of hydrogen-bond acceptors (Lipinski definition) is 0. The van der Waals surface area contributed by atoms with Crippen LogP contribution in [0.5, 0.6) is 0 Å². The predicted octanol–water partition coefficient (Wildman–Crippen LogP) is 2.92. The third kappa shape index (κ3) is 1.69. The molecule has 0 radical (unpaired) electrons. The van der Waals surface area contributed by atoms with Crippen LogP contribution in [-0.4, -0.2) is 7.28 Å². The van der Waals surface area contributed by atoms with Gasteiger partial charge in [-0.3, -0.25) is 0 Å². The van der Waals surface area contributed by atoms with E-state index in [0.29, 0.717) is 0 Å². The molecule has 0 heterocycles. The second-order valence-corrected chi connectivity index (χ2v) is 3.78. The van der Waals surface area contributed by atoms with Crippen LogP contribution in [-0.2, 0) is 0 Å². The summed E-state index contributed by atoms with van der Waals surface area (Å²) in [7, 11) is -0.370. The molecule has 0 unspecified atom stereocenters. The van der Waals surface area contributed by atoms with Crippen LogP contribution in [0.15, 0.2) is 0 Å². The van der Waals surface area contributed by atoms with Crippen molar-refractivity contribution in [3.05, 3.63) is 40.7 Å². The van der Waals surface area contributed by atoms with Gasteiger partial charge in [0, 0.05) is 0 Å². The van der Waals surface area contributed by atoms with Crippen LogP contribution in [0.25, 0.3) is 10.8 Å². The van der Waals surface area contributed by atoms with Crippen LogP contribution in [0.4, 0.5) is 30.7 Å². The van der Waals surface area contributed by atoms with Crippen molar-refractivity contribution >= 4 is 23.5 Å². The molecule has 0 saturated carbocycles. The third-order valence-corrected chi connectivity index (χ3v) is 2.78. The molecular weight excluding hydrogens is 276 g/mol. The average molecular weight is 280 g/mol. The number of halogens is 7. The summed E-state index contributed by atoms with van der Waals surface area (Å²) in [5.74, 6) is -14.2. The lowest BCUT2D eigenvalue weighted by Crippen LogP contribution is -2.24. The van der Waals surface area contributed by atoms with Crippen molar-refractivity contribution in [1.29, 1.82) is 0 Å². The lowest BCUT2D eigenvalue weighted by atomic mass is 9.71. The van der Waals surface area contributed by atoms with Crippen molar-refractivity contribution in [2.45, 2.75) is 6.82 Å². The second kappa shape index (κ2) is 4.43. The Balaban J connectivity index is 3.18. The lowest BCUT2D eigenvalue weighted by molar-refractivity contribution is 0.412. The van der Waals surface area contributed by atoms with Crippen LogP contribution in [0.2, 0.25) is 6.82 Å². The first-order chi connectivity index (χ1) is 8.82. The summed E-state index contributed by atoms with van der Waals surface area (Å²) in [6, 6.07) is 0. The van der Waals surface area contributed by atoms with E-state index in [2.05, 4.69) is 0 Å². The molecule has 0 fully saturated rings. The fourth-order valence-electron chi connectivity index (χ4n) is 1.84. The van der Waals surface area contributed by atoms with Crippen LogP contribution < -0.4 is 5.46 Å². The lowest BCUT2D eigenvalue weighted by Gasteiger charge is -2.11. The molecule has 100 valence electrons. The minimum atomic E-state index is -2.33. The predicted molar refractivity (Wildman–Crippen MR) is 56.3 cm³/mol. The van der Waals surface area contributed by atoms with E-state index >= 15 is 0 Å². The van der Waals surface area contributed by atoms with E-state index in [4.69, 9.17) is 0 Å². The Bertz CT molecular complexity index is 696. The molecule has 0 aliphatic carbocycles. The zero-order valence-corrected chi connectivity index (χ0v) is 9.35. The molecule has 0 amide bonds. The molecule has 0 aliphatic heterocycles. The van der Waals surface area contributed by atoms with Crippen molar-refractivity contribution in [1.82, 2.24) is 0 Å². The maximum Gasteiger partial charge on any atom is 0.198 e. The Kier molecular flexibility index (Phi) is 3.20. The SMILES string of the molecule is CBc1c(F)c(F)c2c(F)c(F)c(F)c(F)c2c1F. The zero-order valence-electron chi connectivity index (χ0n) is 9.35. The first kappa shape index (κ1) is 13.7. The highest BCUT2D eigenvalue weighted by atomic mass is 19.2. The van der Waals surface area contributed by atoms with Gasteiger partial charge in [0.2, 0.25) is 0 Å². The zero-order chi connectivity index (χ0) is 14.5. The van der Waals surface area contributed by atoms with Crippen molar-refractivity contribution in [3.8, 4) is 0 Å². The minimum Gasteiger partial charge on any atom is -0.207 e. The van der Waals surface area contributed by atoms with E-state index < -0.39 is 57.0 Å². The highest BCUT2D eigenvalue weighted by molar-refractivity contribution is 6.52. The fourth-order valence-corrected chi connectivity index (χ4v) is 1.84. The van der Waals surface area contributed by atoms with Crippen LogP contribution in [0.1, 0.15) is 0 Å². The van der Waals surface area contributed by atoms with Crippen LogP contribution in [0, 0.1) is 40.7 Å². The van der Waals surface area contributed by atoms with Crippen LogP contribution >= 0.6 is 0 Å². The van der Waals surface area contributed by atoms with E-state index in [-0.39, 0.29) is 7.28 Å².